The van der Waals surface area contributed by atoms with Crippen LogP contribution in [0.3, 0.4) is 0 Å². The second-order valence-electron chi connectivity index (χ2n) is 4.87. The summed E-state index contributed by atoms with van der Waals surface area (Å²) in [7, 11) is 3.48. The summed E-state index contributed by atoms with van der Waals surface area (Å²) < 4.78 is 0. The van der Waals surface area contributed by atoms with Gasteiger partial charge in [-0.25, -0.2) is 4.99 Å². The Hall–Kier alpha value is -1.13. The van der Waals surface area contributed by atoms with Gasteiger partial charge in [-0.15, -0.1) is 35.3 Å². The minimum absolute atomic E-state index is 0. The van der Waals surface area contributed by atoms with Crippen LogP contribution < -0.4 is 10.6 Å². The van der Waals surface area contributed by atoms with Gasteiger partial charge in [0.25, 0.3) is 0 Å². The average molecular weight is 464 g/mol. The summed E-state index contributed by atoms with van der Waals surface area (Å²) in [6, 6.07) is 6.14. The zero-order chi connectivity index (χ0) is 15.8. The quantitative estimate of drug-likeness (QED) is 0.393. The molecule has 8 heteroatoms. The number of nitrogens with zero attached hydrogens (tertiary/aromatic N) is 2. The summed E-state index contributed by atoms with van der Waals surface area (Å²) in [5, 5.41) is 12.5. The lowest BCUT2D eigenvalue weighted by molar-refractivity contribution is -0.127. The molecule has 0 aliphatic carbocycles. The second-order valence-corrected chi connectivity index (χ2v) is 6.68. The number of carbonyl (C=O) groups excluding carboxylic acids is 1. The number of guanidine groups is 1. The van der Waals surface area contributed by atoms with Crippen LogP contribution in [0.15, 0.2) is 39.3 Å². The highest BCUT2D eigenvalue weighted by atomic mass is 127. The lowest BCUT2D eigenvalue weighted by atomic mass is 10.3. The molecule has 2 aromatic heterocycles. The number of hydrogen-bond acceptors (Lipinski definition) is 4. The van der Waals surface area contributed by atoms with Crippen molar-refractivity contribution in [2.45, 2.75) is 13.1 Å². The van der Waals surface area contributed by atoms with Crippen molar-refractivity contribution in [2.24, 2.45) is 4.99 Å². The Balaban J connectivity index is 0.00000264. The van der Waals surface area contributed by atoms with Gasteiger partial charge in [0.2, 0.25) is 5.91 Å². The molecule has 2 heterocycles. The van der Waals surface area contributed by atoms with Gasteiger partial charge >= 0.3 is 0 Å². The van der Waals surface area contributed by atoms with Crippen molar-refractivity contribution in [1.29, 1.82) is 0 Å². The van der Waals surface area contributed by atoms with Crippen LogP contribution in [-0.4, -0.2) is 37.4 Å². The normalized spacial score (nSPS) is 10.8. The van der Waals surface area contributed by atoms with Crippen LogP contribution in [0.25, 0.3) is 0 Å². The van der Waals surface area contributed by atoms with Crippen molar-refractivity contribution in [2.75, 3.05) is 20.6 Å². The summed E-state index contributed by atoms with van der Waals surface area (Å²) in [4.78, 5) is 19.0. The second kappa shape index (κ2) is 10.6. The van der Waals surface area contributed by atoms with Crippen LogP contribution in [0, 0.1) is 0 Å². The van der Waals surface area contributed by atoms with Gasteiger partial charge in [-0.05, 0) is 33.8 Å². The number of thiophene rings is 2. The SMILES string of the molecule is CN(C)C(=O)CNC(=NCc1ccsc1)NCc1cccs1.I. The van der Waals surface area contributed by atoms with E-state index >= 15 is 0 Å². The maximum Gasteiger partial charge on any atom is 0.241 e. The fraction of sp³-hybridized carbons (Fsp3) is 0.333. The fourth-order valence-corrected chi connectivity index (χ4v) is 2.93. The van der Waals surface area contributed by atoms with E-state index in [1.165, 1.54) is 10.4 Å². The third-order valence-corrected chi connectivity index (χ3v) is 4.52. The molecule has 0 saturated carbocycles. The molecule has 126 valence electrons. The van der Waals surface area contributed by atoms with E-state index < -0.39 is 0 Å². The molecule has 2 N–H and O–H groups in total. The zero-order valence-corrected chi connectivity index (χ0v) is 17.1. The Bertz CT molecular complexity index is 597. The Morgan fingerprint density at radius 2 is 2.09 bits per heavy atom. The van der Waals surface area contributed by atoms with Gasteiger partial charge in [0.15, 0.2) is 5.96 Å². The molecule has 0 aliphatic heterocycles. The summed E-state index contributed by atoms with van der Waals surface area (Å²) in [5.74, 6) is 0.663. The van der Waals surface area contributed by atoms with Crippen LogP contribution in [-0.2, 0) is 17.9 Å². The van der Waals surface area contributed by atoms with Crippen molar-refractivity contribution in [3.8, 4) is 0 Å². The summed E-state index contributed by atoms with van der Waals surface area (Å²) in [5.41, 5.74) is 1.17. The predicted molar refractivity (Wildman–Crippen MR) is 109 cm³/mol. The largest absolute Gasteiger partial charge is 0.351 e. The zero-order valence-electron chi connectivity index (χ0n) is 13.1. The molecule has 0 fully saturated rings. The molecule has 2 aromatic rings. The molecule has 1 amide bonds. The summed E-state index contributed by atoms with van der Waals surface area (Å²) in [6.07, 6.45) is 0. The predicted octanol–water partition coefficient (Wildman–Crippen LogP) is 2.75. The van der Waals surface area contributed by atoms with E-state index in [-0.39, 0.29) is 36.4 Å². The number of rotatable bonds is 6. The summed E-state index contributed by atoms with van der Waals surface area (Å²) in [6.45, 7) is 1.52. The lowest BCUT2D eigenvalue weighted by Gasteiger charge is -2.14. The fourth-order valence-electron chi connectivity index (χ4n) is 1.63. The Kier molecular flexibility index (Phi) is 9.19. The molecule has 0 unspecified atom stereocenters. The molecular weight excluding hydrogens is 443 g/mol. The summed E-state index contributed by atoms with van der Waals surface area (Å²) >= 11 is 3.35. The number of aliphatic imine (C=N–C) groups is 1. The van der Waals surface area contributed by atoms with Gasteiger partial charge in [0.1, 0.15) is 0 Å². The van der Waals surface area contributed by atoms with E-state index in [1.807, 2.05) is 16.8 Å². The Morgan fingerprint density at radius 3 is 2.70 bits per heavy atom. The van der Waals surface area contributed by atoms with E-state index in [9.17, 15) is 4.79 Å². The molecular formula is C15H21IN4OS2. The monoisotopic (exact) mass is 464 g/mol. The average Bonchev–Trinajstić information content (AvgIpc) is 3.19. The van der Waals surface area contributed by atoms with Crippen LogP contribution >= 0.6 is 46.7 Å². The number of carbonyl (C=O) groups is 1. The molecule has 0 atom stereocenters. The van der Waals surface area contributed by atoms with Crippen LogP contribution in [0.1, 0.15) is 10.4 Å². The molecule has 23 heavy (non-hydrogen) atoms. The molecule has 0 aliphatic rings. The number of likely N-dealkylation sites (N-methyl/N-ethyl adjacent to an activating group) is 1. The van der Waals surface area contributed by atoms with Crippen molar-refractivity contribution in [1.82, 2.24) is 15.5 Å². The molecule has 5 nitrogen and oxygen atoms in total. The topological polar surface area (TPSA) is 56.7 Å². The molecule has 0 radical (unpaired) electrons. The van der Waals surface area contributed by atoms with Gasteiger partial charge < -0.3 is 15.5 Å². The van der Waals surface area contributed by atoms with Gasteiger partial charge in [0.05, 0.1) is 19.6 Å². The number of hydrogen-bond donors (Lipinski definition) is 2. The van der Waals surface area contributed by atoms with Crippen LogP contribution in [0.5, 0.6) is 0 Å². The molecule has 0 bridgehead atoms. The maximum atomic E-state index is 11.7. The highest BCUT2D eigenvalue weighted by Gasteiger charge is 2.06. The molecule has 0 spiro atoms. The van der Waals surface area contributed by atoms with Gasteiger partial charge in [-0.2, -0.15) is 11.3 Å². The molecule has 0 aromatic carbocycles. The van der Waals surface area contributed by atoms with E-state index in [1.54, 1.807) is 41.7 Å². The van der Waals surface area contributed by atoms with Crippen molar-refractivity contribution in [3.63, 3.8) is 0 Å². The van der Waals surface area contributed by atoms with E-state index in [2.05, 4.69) is 33.1 Å². The van der Waals surface area contributed by atoms with E-state index in [0.717, 1.165) is 0 Å². The first kappa shape index (κ1) is 19.9. The Morgan fingerprint density at radius 1 is 1.26 bits per heavy atom. The van der Waals surface area contributed by atoms with Crippen LogP contribution in [0.2, 0.25) is 0 Å². The molecule has 2 rings (SSSR count). The highest BCUT2D eigenvalue weighted by Crippen LogP contribution is 2.08. The first-order chi connectivity index (χ1) is 10.6. The third-order valence-electron chi connectivity index (χ3n) is 2.92. The van der Waals surface area contributed by atoms with Crippen molar-refractivity contribution in [3.05, 3.63) is 44.8 Å². The standard InChI is InChI=1S/C15H20N4OS2.HI/c1-19(2)14(20)10-18-15(16-8-12-5-7-21-11-12)17-9-13-4-3-6-22-13;/h3-7,11H,8-10H2,1-2H3,(H2,16,17,18);1H. The smallest absolute Gasteiger partial charge is 0.241 e. The minimum atomic E-state index is 0. The lowest BCUT2D eigenvalue weighted by Crippen LogP contribution is -2.42. The van der Waals surface area contributed by atoms with E-state index in [0.29, 0.717) is 19.0 Å². The van der Waals surface area contributed by atoms with Crippen molar-refractivity contribution >= 4 is 58.5 Å². The van der Waals surface area contributed by atoms with Gasteiger partial charge in [0, 0.05) is 19.0 Å². The molecule has 0 saturated heterocycles. The van der Waals surface area contributed by atoms with Gasteiger partial charge in [-0.1, -0.05) is 6.07 Å². The first-order valence-electron chi connectivity index (χ1n) is 6.91. The van der Waals surface area contributed by atoms with Crippen molar-refractivity contribution < 1.29 is 4.79 Å². The maximum absolute atomic E-state index is 11.7. The highest BCUT2D eigenvalue weighted by molar-refractivity contribution is 14.0. The minimum Gasteiger partial charge on any atom is -0.351 e. The first-order valence-corrected chi connectivity index (χ1v) is 8.73. The third kappa shape index (κ3) is 7.32. The van der Waals surface area contributed by atoms with Crippen LogP contribution in [0.4, 0.5) is 0 Å². The number of halogens is 1. The van der Waals surface area contributed by atoms with Gasteiger partial charge in [-0.3, -0.25) is 4.79 Å². The van der Waals surface area contributed by atoms with E-state index in [4.69, 9.17) is 0 Å². The number of amides is 1. The Labute approximate surface area is 161 Å². The number of nitrogens with one attached hydrogen (secondary N) is 2.